The zero-order valence-corrected chi connectivity index (χ0v) is 13.3. The first kappa shape index (κ1) is 18.2. The van der Waals surface area contributed by atoms with Gasteiger partial charge in [0.15, 0.2) is 0 Å². The third kappa shape index (κ3) is 5.81. The van der Waals surface area contributed by atoms with Crippen molar-refractivity contribution < 1.29 is 24.3 Å². The van der Waals surface area contributed by atoms with E-state index in [1.54, 1.807) is 27.7 Å². The first-order chi connectivity index (χ1) is 10.6. The summed E-state index contributed by atoms with van der Waals surface area (Å²) in [6, 6.07) is 2.09. The van der Waals surface area contributed by atoms with Gasteiger partial charge in [-0.15, -0.1) is 0 Å². The topological polar surface area (TPSA) is 126 Å². The number of nitrogens with one attached hydrogen (secondary N) is 1. The molecular weight excluding hydrogens is 306 g/mol. The molecule has 0 aliphatic heterocycles. The van der Waals surface area contributed by atoms with Crippen molar-refractivity contribution in [2.75, 3.05) is 6.61 Å². The molecule has 0 aliphatic rings. The van der Waals surface area contributed by atoms with Crippen LogP contribution in [0.1, 0.15) is 33.3 Å². The van der Waals surface area contributed by atoms with E-state index in [4.69, 9.17) is 9.47 Å². The summed E-state index contributed by atoms with van der Waals surface area (Å²) in [6.45, 7) is 6.88. The molecular formula is C14H18N3O6-. The van der Waals surface area contributed by atoms with E-state index in [0.717, 1.165) is 18.3 Å². The molecule has 0 aromatic heterocycles. The van der Waals surface area contributed by atoms with Gasteiger partial charge in [-0.3, -0.25) is 10.1 Å². The Kier molecular flexibility index (Phi) is 5.88. The number of hydrogen-bond donors (Lipinski definition) is 1. The highest BCUT2D eigenvalue weighted by molar-refractivity contribution is 5.86. The Labute approximate surface area is 133 Å². The van der Waals surface area contributed by atoms with E-state index in [9.17, 15) is 20.0 Å². The van der Waals surface area contributed by atoms with Crippen molar-refractivity contribution in [2.24, 2.45) is 5.10 Å². The normalized spacial score (nSPS) is 11.3. The Morgan fingerprint density at radius 1 is 1.43 bits per heavy atom. The summed E-state index contributed by atoms with van der Waals surface area (Å²) in [7, 11) is 0. The van der Waals surface area contributed by atoms with Crippen LogP contribution in [-0.4, -0.2) is 29.4 Å². The van der Waals surface area contributed by atoms with Crippen LogP contribution in [0.5, 0.6) is 11.5 Å². The van der Waals surface area contributed by atoms with Crippen LogP contribution in [0.3, 0.4) is 0 Å². The van der Waals surface area contributed by atoms with Crippen LogP contribution in [0.2, 0.25) is 0 Å². The SMILES string of the molecule is CCOc1cc([N+](=O)[O-])cc(/C=N\NC(=O)OC(C)(C)C)c1[O-]. The lowest BCUT2D eigenvalue weighted by Gasteiger charge is -2.18. The second kappa shape index (κ2) is 7.43. The van der Waals surface area contributed by atoms with Crippen molar-refractivity contribution in [3.8, 4) is 11.5 Å². The molecule has 0 bridgehead atoms. The number of nitro groups is 1. The van der Waals surface area contributed by atoms with E-state index in [-0.39, 0.29) is 23.6 Å². The van der Waals surface area contributed by atoms with Crippen molar-refractivity contribution in [1.82, 2.24) is 5.43 Å². The van der Waals surface area contributed by atoms with Crippen LogP contribution in [0.25, 0.3) is 0 Å². The molecule has 1 aromatic carbocycles. The number of amides is 1. The number of nitrogens with zero attached hydrogens (tertiary/aromatic N) is 2. The van der Waals surface area contributed by atoms with E-state index < -0.39 is 22.4 Å². The molecule has 0 saturated heterocycles. The molecule has 126 valence electrons. The molecule has 1 rings (SSSR count). The first-order valence-corrected chi connectivity index (χ1v) is 6.78. The van der Waals surface area contributed by atoms with E-state index in [0.29, 0.717) is 0 Å². The highest BCUT2D eigenvalue weighted by Gasteiger charge is 2.15. The lowest BCUT2D eigenvalue weighted by atomic mass is 10.1. The molecule has 1 amide bonds. The number of non-ortho nitro benzene ring substituents is 1. The van der Waals surface area contributed by atoms with Crippen molar-refractivity contribution in [2.45, 2.75) is 33.3 Å². The molecule has 0 spiro atoms. The predicted molar refractivity (Wildman–Crippen MR) is 80.7 cm³/mol. The molecule has 0 saturated carbocycles. The van der Waals surface area contributed by atoms with Gasteiger partial charge in [0.25, 0.3) is 5.69 Å². The predicted octanol–water partition coefficient (Wildman–Crippen LogP) is 1.93. The number of ether oxygens (including phenoxy) is 2. The number of nitro benzene ring substituents is 1. The Hall–Kier alpha value is -2.84. The van der Waals surface area contributed by atoms with E-state index in [2.05, 4.69) is 10.5 Å². The second-order valence-corrected chi connectivity index (χ2v) is 5.42. The second-order valence-electron chi connectivity index (χ2n) is 5.42. The summed E-state index contributed by atoms with van der Waals surface area (Å²) < 4.78 is 10.0. The number of benzene rings is 1. The molecule has 0 heterocycles. The fourth-order valence-electron chi connectivity index (χ4n) is 1.53. The van der Waals surface area contributed by atoms with Gasteiger partial charge in [-0.2, -0.15) is 5.10 Å². The highest BCUT2D eigenvalue weighted by atomic mass is 16.6. The minimum Gasteiger partial charge on any atom is -0.870 e. The summed E-state index contributed by atoms with van der Waals surface area (Å²) in [6.07, 6.45) is 0.193. The van der Waals surface area contributed by atoms with Crippen LogP contribution in [0.15, 0.2) is 17.2 Å². The van der Waals surface area contributed by atoms with E-state index >= 15 is 0 Å². The Morgan fingerprint density at radius 3 is 2.61 bits per heavy atom. The molecule has 23 heavy (non-hydrogen) atoms. The minimum atomic E-state index is -0.809. The zero-order chi connectivity index (χ0) is 17.6. The molecule has 0 atom stereocenters. The molecule has 1 aromatic rings. The van der Waals surface area contributed by atoms with Crippen molar-refractivity contribution in [3.05, 3.63) is 27.8 Å². The summed E-state index contributed by atoms with van der Waals surface area (Å²) in [4.78, 5) is 21.6. The Bertz CT molecular complexity index is 622. The minimum absolute atomic E-state index is 0.0845. The number of rotatable bonds is 5. The summed E-state index contributed by atoms with van der Waals surface area (Å²) in [5, 5.41) is 26.5. The first-order valence-electron chi connectivity index (χ1n) is 6.78. The third-order valence-corrected chi connectivity index (χ3v) is 2.34. The van der Waals surface area contributed by atoms with Crippen molar-refractivity contribution in [3.63, 3.8) is 0 Å². The molecule has 9 nitrogen and oxygen atoms in total. The molecule has 0 aliphatic carbocycles. The van der Waals surface area contributed by atoms with Crippen LogP contribution in [0.4, 0.5) is 10.5 Å². The third-order valence-electron chi connectivity index (χ3n) is 2.34. The average Bonchev–Trinajstić information content (AvgIpc) is 2.40. The highest BCUT2D eigenvalue weighted by Crippen LogP contribution is 2.31. The largest absolute Gasteiger partial charge is 0.870 e. The van der Waals surface area contributed by atoms with Gasteiger partial charge in [0.2, 0.25) is 0 Å². The lowest BCUT2D eigenvalue weighted by molar-refractivity contribution is -0.385. The van der Waals surface area contributed by atoms with Gasteiger partial charge in [0.05, 0.1) is 23.8 Å². The van der Waals surface area contributed by atoms with Crippen molar-refractivity contribution in [1.29, 1.82) is 0 Å². The molecule has 0 radical (unpaired) electrons. The fourth-order valence-corrected chi connectivity index (χ4v) is 1.53. The van der Waals surface area contributed by atoms with E-state index in [1.807, 2.05) is 0 Å². The standard InChI is InChI=1S/C14H19N3O6/c1-5-22-11-7-10(17(20)21)6-9(12(11)18)8-15-16-13(19)23-14(2,3)4/h6-8,18H,5H2,1-4H3,(H,16,19)/p-1/b15-8-. The number of hydrazone groups is 1. The van der Waals surface area contributed by atoms with Gasteiger partial charge in [0.1, 0.15) is 11.4 Å². The zero-order valence-electron chi connectivity index (χ0n) is 13.3. The monoisotopic (exact) mass is 324 g/mol. The molecule has 0 unspecified atom stereocenters. The van der Waals surface area contributed by atoms with Gasteiger partial charge in [-0.05, 0) is 33.3 Å². The summed E-state index contributed by atoms with van der Waals surface area (Å²) >= 11 is 0. The van der Waals surface area contributed by atoms with Crippen LogP contribution >= 0.6 is 0 Å². The van der Waals surface area contributed by atoms with Crippen LogP contribution in [-0.2, 0) is 4.74 Å². The number of hydrogen-bond acceptors (Lipinski definition) is 7. The maximum absolute atomic E-state index is 12.1. The molecule has 9 heteroatoms. The Morgan fingerprint density at radius 2 is 2.09 bits per heavy atom. The van der Waals surface area contributed by atoms with E-state index in [1.165, 1.54) is 0 Å². The van der Waals surface area contributed by atoms with Crippen molar-refractivity contribution >= 4 is 18.0 Å². The lowest BCUT2D eigenvalue weighted by Crippen LogP contribution is -2.29. The smallest absolute Gasteiger partial charge is 0.428 e. The fraction of sp³-hybridized carbons (Fsp3) is 0.429. The van der Waals surface area contributed by atoms with Gasteiger partial charge >= 0.3 is 6.09 Å². The summed E-state index contributed by atoms with van der Waals surface area (Å²) in [5.41, 5.74) is 0.979. The Balaban J connectivity index is 2.96. The van der Waals surface area contributed by atoms with Gasteiger partial charge in [0, 0.05) is 6.07 Å². The van der Waals surface area contributed by atoms with Gasteiger partial charge in [-0.1, -0.05) is 5.75 Å². The maximum atomic E-state index is 12.1. The average molecular weight is 324 g/mol. The van der Waals surface area contributed by atoms with Crippen LogP contribution in [0, 0.1) is 10.1 Å². The number of carbonyl (C=O) groups excluding carboxylic acids is 1. The van der Waals surface area contributed by atoms with Gasteiger partial charge < -0.3 is 14.6 Å². The summed E-state index contributed by atoms with van der Waals surface area (Å²) in [5.74, 6) is -0.715. The maximum Gasteiger partial charge on any atom is 0.428 e. The van der Waals surface area contributed by atoms with Crippen LogP contribution < -0.4 is 15.3 Å². The molecule has 0 fully saturated rings. The molecule has 1 N–H and O–H groups in total. The number of carbonyl (C=O) groups is 1. The van der Waals surface area contributed by atoms with Gasteiger partial charge in [-0.25, -0.2) is 10.2 Å². The quantitative estimate of drug-likeness (QED) is 0.501.